The van der Waals surface area contributed by atoms with Gasteiger partial charge in [0, 0.05) is 0 Å². The predicted octanol–water partition coefficient (Wildman–Crippen LogP) is -3.22. The molecule has 1 rings (SSSR count). The smallest absolute Gasteiger partial charge is 0.218 e. The van der Waals surface area contributed by atoms with Crippen LogP contribution in [0, 0.1) is 0 Å². The van der Waals surface area contributed by atoms with Gasteiger partial charge >= 0.3 is 0 Å². The first-order valence-corrected chi connectivity index (χ1v) is 3.52. The zero-order chi connectivity index (χ0) is 9.35. The molecule has 2 unspecified atom stereocenters. The van der Waals surface area contributed by atoms with Crippen molar-refractivity contribution in [1.29, 1.82) is 0 Å². The van der Waals surface area contributed by atoms with Crippen molar-refractivity contribution in [2.45, 2.75) is 24.1 Å². The van der Waals surface area contributed by atoms with Gasteiger partial charge in [0.25, 0.3) is 0 Å². The second-order valence-corrected chi connectivity index (χ2v) is 2.82. The largest absolute Gasteiger partial charge is 0.391 e. The molecule has 0 aromatic rings. The van der Waals surface area contributed by atoms with Crippen LogP contribution in [0.4, 0.5) is 0 Å². The van der Waals surface area contributed by atoms with Gasteiger partial charge in [0.1, 0.15) is 18.3 Å². The van der Waals surface area contributed by atoms with E-state index in [1.165, 1.54) is 0 Å². The number of hydrogen-bond donors (Lipinski definition) is 5. The summed E-state index contributed by atoms with van der Waals surface area (Å²) in [6.07, 6.45) is -4.45. The van der Waals surface area contributed by atoms with E-state index in [0.717, 1.165) is 0 Å². The Hall–Kier alpha value is -0.240. The second kappa shape index (κ2) is 3.25. The van der Waals surface area contributed by atoms with Gasteiger partial charge in [0.05, 0.1) is 13.2 Å². The van der Waals surface area contributed by atoms with Crippen molar-refractivity contribution in [3.05, 3.63) is 0 Å². The van der Waals surface area contributed by atoms with Gasteiger partial charge in [-0.05, 0) is 0 Å². The van der Waals surface area contributed by atoms with Crippen molar-refractivity contribution in [2.24, 2.45) is 0 Å². The number of aliphatic hydroxyl groups excluding tert-OH is 4. The summed E-state index contributed by atoms with van der Waals surface area (Å²) in [6, 6.07) is 0. The summed E-state index contributed by atoms with van der Waals surface area (Å²) in [4.78, 5) is 0. The van der Waals surface area contributed by atoms with Gasteiger partial charge in [-0.3, -0.25) is 0 Å². The highest BCUT2D eigenvalue weighted by molar-refractivity contribution is 4.90. The fourth-order valence-electron chi connectivity index (χ4n) is 1.03. The van der Waals surface area contributed by atoms with Crippen LogP contribution in [0.15, 0.2) is 0 Å². The average Bonchev–Trinajstić information content (AvgIpc) is 2.09. The molecule has 4 atom stereocenters. The van der Waals surface area contributed by atoms with Crippen LogP contribution in [0.5, 0.6) is 0 Å². The number of ether oxygens (including phenoxy) is 1. The first-order chi connectivity index (χ1) is 5.51. The number of hydrogen-bond acceptors (Lipinski definition) is 6. The minimum atomic E-state index is -2.17. The molecule has 0 aromatic heterocycles. The van der Waals surface area contributed by atoms with Crippen molar-refractivity contribution in [1.82, 2.24) is 0 Å². The molecule has 72 valence electrons. The first-order valence-electron chi connectivity index (χ1n) is 3.52. The van der Waals surface area contributed by atoms with E-state index >= 15 is 0 Å². The standard InChI is InChI=1S/C6H12O6/c7-2-6(11)5(10)4(9)3(8)1-12-6/h3-5,7-11H,1-2H2/t3?,4-,5+,6?/m1/s1/i1+1,2+1. The van der Waals surface area contributed by atoms with Gasteiger partial charge in [0.15, 0.2) is 0 Å². The maximum Gasteiger partial charge on any atom is 0.218 e. The van der Waals surface area contributed by atoms with E-state index in [-0.39, 0.29) is 6.61 Å². The maximum atomic E-state index is 9.24. The summed E-state index contributed by atoms with van der Waals surface area (Å²) < 4.78 is 4.56. The Kier molecular flexibility index (Phi) is 2.67. The minimum absolute atomic E-state index is 0.324. The molecule has 0 bridgehead atoms. The van der Waals surface area contributed by atoms with E-state index in [1.54, 1.807) is 0 Å². The molecular weight excluding hydrogens is 170 g/mol. The summed E-state index contributed by atoms with van der Waals surface area (Å²) in [7, 11) is 0. The lowest BCUT2D eigenvalue weighted by Crippen LogP contribution is -2.62. The lowest BCUT2D eigenvalue weighted by molar-refractivity contribution is -0.331. The van der Waals surface area contributed by atoms with E-state index < -0.39 is 30.7 Å². The molecule has 1 saturated heterocycles. The molecule has 1 fully saturated rings. The molecule has 0 radical (unpaired) electrons. The Bertz CT molecular complexity index is 162. The molecule has 12 heavy (non-hydrogen) atoms. The van der Waals surface area contributed by atoms with Crippen LogP contribution >= 0.6 is 0 Å². The third-order valence-corrected chi connectivity index (χ3v) is 1.91. The van der Waals surface area contributed by atoms with Gasteiger partial charge < -0.3 is 30.3 Å². The third kappa shape index (κ3) is 1.45. The zero-order valence-electron chi connectivity index (χ0n) is 6.29. The third-order valence-electron chi connectivity index (χ3n) is 1.91. The van der Waals surface area contributed by atoms with Crippen molar-refractivity contribution in [3.63, 3.8) is 0 Å². The van der Waals surface area contributed by atoms with E-state index in [2.05, 4.69) is 4.74 Å². The normalized spacial score (nSPS) is 49.2. The van der Waals surface area contributed by atoms with E-state index in [1.807, 2.05) is 0 Å². The Morgan fingerprint density at radius 1 is 1.33 bits per heavy atom. The maximum absolute atomic E-state index is 9.24. The molecular formula is C6H12O6. The fraction of sp³-hybridized carbons (Fsp3) is 1.00. The minimum Gasteiger partial charge on any atom is -0.391 e. The van der Waals surface area contributed by atoms with E-state index in [0.29, 0.717) is 0 Å². The number of rotatable bonds is 1. The van der Waals surface area contributed by atoms with E-state index in [9.17, 15) is 5.11 Å². The predicted molar refractivity (Wildman–Crippen MR) is 36.0 cm³/mol. The summed E-state index contributed by atoms with van der Waals surface area (Å²) in [6.45, 7) is -1.16. The average molecular weight is 182 g/mol. The molecule has 1 aliphatic rings. The SMILES string of the molecule is O[13CH2]C1(O)O[13CH2]C(O)[C@@H](O)[C@@H]1O. The molecule has 6 nitrogen and oxygen atoms in total. The van der Waals surface area contributed by atoms with Crippen LogP contribution in [0.3, 0.4) is 0 Å². The Morgan fingerprint density at radius 3 is 2.42 bits per heavy atom. The second-order valence-electron chi connectivity index (χ2n) is 2.82. The highest BCUT2D eigenvalue weighted by Gasteiger charge is 2.47. The Morgan fingerprint density at radius 2 is 1.92 bits per heavy atom. The van der Waals surface area contributed by atoms with Gasteiger partial charge in [-0.2, -0.15) is 0 Å². The van der Waals surface area contributed by atoms with Crippen molar-refractivity contribution >= 4 is 0 Å². The van der Waals surface area contributed by atoms with Gasteiger partial charge in [-0.1, -0.05) is 0 Å². The van der Waals surface area contributed by atoms with Crippen molar-refractivity contribution in [2.75, 3.05) is 13.2 Å². The molecule has 5 N–H and O–H groups in total. The summed E-state index contributed by atoms with van der Waals surface area (Å²) in [5.41, 5.74) is 0. The number of aliphatic hydroxyl groups is 5. The highest BCUT2D eigenvalue weighted by Crippen LogP contribution is 2.22. The Balaban J connectivity index is 2.71. The van der Waals surface area contributed by atoms with Gasteiger partial charge in [-0.15, -0.1) is 0 Å². The molecule has 0 aromatic carbocycles. The van der Waals surface area contributed by atoms with Gasteiger partial charge in [0.2, 0.25) is 5.79 Å². The molecule has 6 heteroatoms. The highest BCUT2D eigenvalue weighted by atomic mass is 16.7. The molecule has 1 aliphatic heterocycles. The first kappa shape index (κ1) is 9.85. The molecule has 0 aliphatic carbocycles. The van der Waals surface area contributed by atoms with Crippen LogP contribution in [0.1, 0.15) is 0 Å². The monoisotopic (exact) mass is 182 g/mol. The van der Waals surface area contributed by atoms with Crippen molar-refractivity contribution in [3.8, 4) is 0 Å². The summed E-state index contributed by atoms with van der Waals surface area (Å²) in [5.74, 6) is -2.17. The van der Waals surface area contributed by atoms with Crippen LogP contribution in [-0.4, -0.2) is 62.8 Å². The fourth-order valence-corrected chi connectivity index (χ4v) is 1.03. The van der Waals surface area contributed by atoms with Crippen LogP contribution in [0.25, 0.3) is 0 Å². The lowest BCUT2D eigenvalue weighted by Gasteiger charge is -2.40. The topological polar surface area (TPSA) is 110 Å². The molecule has 0 spiro atoms. The quantitative estimate of drug-likeness (QED) is 0.273. The van der Waals surface area contributed by atoms with Crippen LogP contribution in [0.2, 0.25) is 0 Å². The van der Waals surface area contributed by atoms with Gasteiger partial charge in [-0.25, -0.2) is 0 Å². The Labute approximate surface area is 68.6 Å². The molecule has 1 heterocycles. The van der Waals surface area contributed by atoms with Crippen LogP contribution < -0.4 is 0 Å². The lowest BCUT2D eigenvalue weighted by atomic mass is 10.1. The zero-order valence-corrected chi connectivity index (χ0v) is 6.29. The van der Waals surface area contributed by atoms with Crippen molar-refractivity contribution < 1.29 is 30.3 Å². The molecule has 0 saturated carbocycles. The van der Waals surface area contributed by atoms with Crippen LogP contribution in [-0.2, 0) is 4.74 Å². The van der Waals surface area contributed by atoms with E-state index in [4.69, 9.17) is 20.4 Å². The summed E-state index contributed by atoms with van der Waals surface area (Å²) >= 11 is 0. The molecule has 0 amide bonds. The summed E-state index contributed by atoms with van der Waals surface area (Å²) in [5, 5.41) is 45.0.